The molecule has 2 aromatic rings. The number of carboxylic acids is 1. The van der Waals surface area contributed by atoms with Crippen LogP contribution >= 0.6 is 27.3 Å². The smallest absolute Gasteiger partial charge is 0.346 e. The quantitative estimate of drug-likeness (QED) is 0.925. The number of benzene rings is 1. The normalized spacial score (nSPS) is 10.2. The van der Waals surface area contributed by atoms with E-state index in [0.29, 0.717) is 16.0 Å². The average Bonchev–Trinajstić information content (AvgIpc) is 2.72. The predicted octanol–water partition coefficient (Wildman–Crippen LogP) is 4.14. The summed E-state index contributed by atoms with van der Waals surface area (Å²) in [4.78, 5) is 10.9. The van der Waals surface area contributed by atoms with E-state index in [2.05, 4.69) is 15.9 Å². The fourth-order valence-corrected chi connectivity index (χ4v) is 2.16. The molecule has 1 heterocycles. The Kier molecular flexibility index (Phi) is 3.44. The molecule has 1 aromatic heterocycles. The highest BCUT2D eigenvalue weighted by Crippen LogP contribution is 2.29. The second-order valence-corrected chi connectivity index (χ2v) is 4.90. The highest BCUT2D eigenvalue weighted by molar-refractivity contribution is 9.10. The van der Waals surface area contributed by atoms with Crippen LogP contribution in [0.4, 0.5) is 4.39 Å². The number of halogens is 2. The van der Waals surface area contributed by atoms with Crippen molar-refractivity contribution in [3.63, 3.8) is 0 Å². The highest BCUT2D eigenvalue weighted by Gasteiger charge is 2.09. The number of hydrogen-bond donors (Lipinski definition) is 1. The SMILES string of the molecule is O=C(O)c1cc(Oc2ccc(F)c(Br)c2)cs1. The molecule has 0 aliphatic heterocycles. The first kappa shape index (κ1) is 12.1. The van der Waals surface area contributed by atoms with Gasteiger partial charge in [0.25, 0.3) is 0 Å². The minimum absolute atomic E-state index is 0.196. The predicted molar refractivity (Wildman–Crippen MR) is 65.5 cm³/mol. The first-order valence-corrected chi connectivity index (χ1v) is 6.18. The molecule has 1 aromatic carbocycles. The third-order valence-corrected chi connectivity index (χ3v) is 3.42. The molecular formula is C11H6BrFO3S. The summed E-state index contributed by atoms with van der Waals surface area (Å²) in [6.07, 6.45) is 0. The number of thiophene rings is 1. The summed E-state index contributed by atoms with van der Waals surface area (Å²) in [6.45, 7) is 0. The lowest BCUT2D eigenvalue weighted by atomic mass is 10.3. The molecule has 0 saturated heterocycles. The number of rotatable bonds is 3. The van der Waals surface area contributed by atoms with Crippen LogP contribution in [0.2, 0.25) is 0 Å². The second kappa shape index (κ2) is 4.85. The van der Waals surface area contributed by atoms with Crippen LogP contribution < -0.4 is 4.74 Å². The van der Waals surface area contributed by atoms with Gasteiger partial charge in [0.15, 0.2) is 0 Å². The van der Waals surface area contributed by atoms with Crippen molar-refractivity contribution in [1.82, 2.24) is 0 Å². The molecular weight excluding hydrogens is 311 g/mol. The fourth-order valence-electron chi connectivity index (χ4n) is 1.16. The maximum atomic E-state index is 13.0. The van der Waals surface area contributed by atoms with Crippen molar-refractivity contribution in [1.29, 1.82) is 0 Å². The Bertz CT molecular complexity index is 568. The molecule has 3 nitrogen and oxygen atoms in total. The van der Waals surface area contributed by atoms with Gasteiger partial charge in [0.1, 0.15) is 22.2 Å². The largest absolute Gasteiger partial charge is 0.477 e. The van der Waals surface area contributed by atoms with Crippen molar-refractivity contribution in [2.75, 3.05) is 0 Å². The van der Waals surface area contributed by atoms with Crippen molar-refractivity contribution in [3.05, 3.63) is 44.8 Å². The molecule has 0 fully saturated rings. The summed E-state index contributed by atoms with van der Waals surface area (Å²) in [5.74, 6) is -0.516. The molecule has 2 rings (SSSR count). The van der Waals surface area contributed by atoms with Gasteiger partial charge in [0.05, 0.1) is 4.47 Å². The van der Waals surface area contributed by atoms with Gasteiger partial charge in [-0.05, 0) is 34.1 Å². The topological polar surface area (TPSA) is 46.5 Å². The Morgan fingerprint density at radius 3 is 2.71 bits per heavy atom. The molecule has 0 saturated carbocycles. The van der Waals surface area contributed by atoms with E-state index in [1.807, 2.05) is 0 Å². The molecule has 1 N–H and O–H groups in total. The fraction of sp³-hybridized carbons (Fsp3) is 0. The maximum Gasteiger partial charge on any atom is 0.346 e. The maximum absolute atomic E-state index is 13.0. The highest BCUT2D eigenvalue weighted by atomic mass is 79.9. The molecule has 17 heavy (non-hydrogen) atoms. The van der Waals surface area contributed by atoms with Crippen molar-refractivity contribution in [2.24, 2.45) is 0 Å². The zero-order valence-corrected chi connectivity index (χ0v) is 10.7. The van der Waals surface area contributed by atoms with Crippen LogP contribution in [-0.4, -0.2) is 11.1 Å². The van der Waals surface area contributed by atoms with E-state index in [4.69, 9.17) is 9.84 Å². The lowest BCUT2D eigenvalue weighted by molar-refractivity contribution is 0.0702. The van der Waals surface area contributed by atoms with Gasteiger partial charge >= 0.3 is 5.97 Å². The monoisotopic (exact) mass is 316 g/mol. The van der Waals surface area contributed by atoms with Gasteiger partial charge in [-0.1, -0.05) is 0 Å². The van der Waals surface area contributed by atoms with Crippen LogP contribution in [0, 0.1) is 5.82 Å². The number of ether oxygens (including phenoxy) is 1. The molecule has 6 heteroatoms. The molecule has 0 spiro atoms. The van der Waals surface area contributed by atoms with Crippen molar-refractivity contribution >= 4 is 33.2 Å². The van der Waals surface area contributed by atoms with Crippen LogP contribution in [0.25, 0.3) is 0 Å². The molecule has 0 radical (unpaired) electrons. The minimum Gasteiger partial charge on any atom is -0.477 e. The first-order valence-electron chi connectivity index (χ1n) is 4.51. The molecule has 0 aliphatic carbocycles. The summed E-state index contributed by atoms with van der Waals surface area (Å²) in [5, 5.41) is 10.3. The Balaban J connectivity index is 2.19. The van der Waals surface area contributed by atoms with Gasteiger partial charge in [0, 0.05) is 11.4 Å². The molecule has 0 atom stereocenters. The summed E-state index contributed by atoms with van der Waals surface area (Å²) in [7, 11) is 0. The summed E-state index contributed by atoms with van der Waals surface area (Å²) in [5.41, 5.74) is 0. The lowest BCUT2D eigenvalue weighted by Gasteiger charge is -2.03. The summed E-state index contributed by atoms with van der Waals surface area (Å²) < 4.78 is 18.7. The average molecular weight is 317 g/mol. The van der Waals surface area contributed by atoms with Gasteiger partial charge in [0.2, 0.25) is 0 Å². The molecule has 0 unspecified atom stereocenters. The standard InChI is InChI=1S/C11H6BrFO3S/c12-8-3-6(1-2-9(8)13)16-7-4-10(11(14)15)17-5-7/h1-5H,(H,14,15). The van der Waals surface area contributed by atoms with Crippen LogP contribution in [0.5, 0.6) is 11.5 Å². The van der Waals surface area contributed by atoms with Gasteiger partial charge < -0.3 is 9.84 Å². The van der Waals surface area contributed by atoms with Gasteiger partial charge in [-0.15, -0.1) is 11.3 Å². The lowest BCUT2D eigenvalue weighted by Crippen LogP contribution is -1.90. The zero-order chi connectivity index (χ0) is 12.4. The number of aromatic carboxylic acids is 1. The van der Waals surface area contributed by atoms with Crippen LogP contribution in [0.3, 0.4) is 0 Å². The van der Waals surface area contributed by atoms with Gasteiger partial charge in [-0.25, -0.2) is 9.18 Å². The minimum atomic E-state index is -0.995. The Morgan fingerprint density at radius 2 is 2.12 bits per heavy atom. The Hall–Kier alpha value is -1.40. The third kappa shape index (κ3) is 2.83. The number of hydrogen-bond acceptors (Lipinski definition) is 3. The van der Waals surface area contributed by atoms with E-state index >= 15 is 0 Å². The van der Waals surface area contributed by atoms with E-state index in [-0.39, 0.29) is 10.7 Å². The zero-order valence-electron chi connectivity index (χ0n) is 8.31. The molecule has 0 amide bonds. The van der Waals surface area contributed by atoms with Crippen molar-refractivity contribution in [3.8, 4) is 11.5 Å². The Labute approximate surface area is 109 Å². The second-order valence-electron chi connectivity index (χ2n) is 3.13. The molecule has 0 aliphatic rings. The number of carboxylic acid groups (broad SMARTS) is 1. The molecule has 0 bridgehead atoms. The van der Waals surface area contributed by atoms with E-state index < -0.39 is 5.97 Å². The van der Waals surface area contributed by atoms with E-state index in [9.17, 15) is 9.18 Å². The number of carbonyl (C=O) groups is 1. The van der Waals surface area contributed by atoms with Crippen LogP contribution in [-0.2, 0) is 0 Å². The van der Waals surface area contributed by atoms with E-state index in [1.54, 1.807) is 5.38 Å². The van der Waals surface area contributed by atoms with Crippen molar-refractivity contribution in [2.45, 2.75) is 0 Å². The van der Waals surface area contributed by atoms with Gasteiger partial charge in [-0.3, -0.25) is 0 Å². The summed E-state index contributed by atoms with van der Waals surface area (Å²) in [6, 6.07) is 5.64. The van der Waals surface area contributed by atoms with Crippen molar-refractivity contribution < 1.29 is 19.0 Å². The van der Waals surface area contributed by atoms with Crippen LogP contribution in [0.15, 0.2) is 34.1 Å². The third-order valence-electron chi connectivity index (χ3n) is 1.91. The molecule has 88 valence electrons. The first-order chi connectivity index (χ1) is 8.06. The van der Waals surface area contributed by atoms with Crippen LogP contribution in [0.1, 0.15) is 9.67 Å². The van der Waals surface area contributed by atoms with E-state index in [0.717, 1.165) is 11.3 Å². The van der Waals surface area contributed by atoms with E-state index in [1.165, 1.54) is 24.3 Å². The Morgan fingerprint density at radius 1 is 1.35 bits per heavy atom. The summed E-state index contributed by atoms with van der Waals surface area (Å²) >= 11 is 4.12. The van der Waals surface area contributed by atoms with Gasteiger partial charge in [-0.2, -0.15) is 0 Å².